The van der Waals surface area contributed by atoms with Gasteiger partial charge in [-0.3, -0.25) is 4.79 Å². The molecule has 0 unspecified atom stereocenters. The molecule has 0 radical (unpaired) electrons. The van der Waals surface area contributed by atoms with Crippen LogP contribution in [0.25, 0.3) is 0 Å². The van der Waals surface area contributed by atoms with Gasteiger partial charge in [0.05, 0.1) is 0 Å². The Hall–Kier alpha value is -3.40. The van der Waals surface area contributed by atoms with Gasteiger partial charge in [-0.1, -0.05) is 0 Å². The SMILES string of the molecule is Cc1ccnc(N/C=C(/C#N)C(=O)N2CCN(c3ccc(F)cc3)CC2)c1. The number of carbonyl (C=O) groups excluding carboxylic acids is 1. The second-order valence-corrected chi connectivity index (χ2v) is 6.29. The van der Waals surface area contributed by atoms with Crippen LogP contribution < -0.4 is 10.2 Å². The third-order valence-electron chi connectivity index (χ3n) is 4.39. The summed E-state index contributed by atoms with van der Waals surface area (Å²) in [5.41, 5.74) is 1.99. The van der Waals surface area contributed by atoms with Crippen LogP contribution in [0.15, 0.2) is 54.4 Å². The van der Waals surface area contributed by atoms with Crippen LogP contribution in [0.3, 0.4) is 0 Å². The number of nitriles is 1. The van der Waals surface area contributed by atoms with Crippen molar-refractivity contribution in [1.29, 1.82) is 5.26 Å². The Morgan fingerprint density at radius 1 is 1.22 bits per heavy atom. The maximum atomic E-state index is 13.0. The quantitative estimate of drug-likeness (QED) is 0.666. The summed E-state index contributed by atoms with van der Waals surface area (Å²) in [6.07, 6.45) is 3.06. The summed E-state index contributed by atoms with van der Waals surface area (Å²) in [5.74, 6) is 0.0000471. The van der Waals surface area contributed by atoms with Gasteiger partial charge in [0.2, 0.25) is 0 Å². The molecule has 6 nitrogen and oxygen atoms in total. The third-order valence-corrected chi connectivity index (χ3v) is 4.39. The Kier molecular flexibility index (Phi) is 5.67. The summed E-state index contributed by atoms with van der Waals surface area (Å²) < 4.78 is 13.0. The average Bonchev–Trinajstić information content (AvgIpc) is 2.69. The predicted octanol–water partition coefficient (Wildman–Crippen LogP) is 2.70. The highest BCUT2D eigenvalue weighted by atomic mass is 19.1. The van der Waals surface area contributed by atoms with Crippen molar-refractivity contribution in [3.8, 4) is 6.07 Å². The first kappa shape index (κ1) is 18.4. The highest BCUT2D eigenvalue weighted by molar-refractivity contribution is 5.97. The molecular weight excluding hydrogens is 345 g/mol. The monoisotopic (exact) mass is 365 g/mol. The summed E-state index contributed by atoms with van der Waals surface area (Å²) in [6.45, 7) is 4.19. The molecule has 1 saturated heterocycles. The van der Waals surface area contributed by atoms with E-state index in [1.807, 2.05) is 25.1 Å². The van der Waals surface area contributed by atoms with Crippen LogP contribution in [0.4, 0.5) is 15.9 Å². The van der Waals surface area contributed by atoms with E-state index in [2.05, 4.69) is 15.2 Å². The number of rotatable bonds is 4. The van der Waals surface area contributed by atoms with E-state index in [0.717, 1.165) is 11.3 Å². The fourth-order valence-electron chi connectivity index (χ4n) is 2.89. The zero-order valence-electron chi connectivity index (χ0n) is 15.0. The summed E-state index contributed by atoms with van der Waals surface area (Å²) >= 11 is 0. The van der Waals surface area contributed by atoms with E-state index in [1.54, 1.807) is 23.2 Å². The van der Waals surface area contributed by atoms with Gasteiger partial charge in [0.1, 0.15) is 23.3 Å². The van der Waals surface area contributed by atoms with Crippen LogP contribution in [-0.4, -0.2) is 42.0 Å². The largest absolute Gasteiger partial charge is 0.368 e. The van der Waals surface area contributed by atoms with Crippen molar-refractivity contribution in [3.63, 3.8) is 0 Å². The summed E-state index contributed by atoms with van der Waals surface area (Å²) in [5, 5.41) is 12.3. The Morgan fingerprint density at radius 3 is 2.56 bits per heavy atom. The number of halogens is 1. The number of hydrogen-bond acceptors (Lipinski definition) is 5. The van der Waals surface area contributed by atoms with Gasteiger partial charge in [-0.05, 0) is 48.9 Å². The van der Waals surface area contributed by atoms with Crippen LogP contribution in [0.1, 0.15) is 5.56 Å². The van der Waals surface area contributed by atoms with Crippen LogP contribution in [0, 0.1) is 24.1 Å². The molecule has 0 spiro atoms. The first-order valence-electron chi connectivity index (χ1n) is 8.66. The number of aryl methyl sites for hydroxylation is 1. The molecule has 2 aromatic rings. The molecule has 1 fully saturated rings. The molecule has 0 saturated carbocycles. The van der Waals surface area contributed by atoms with E-state index >= 15 is 0 Å². The summed E-state index contributed by atoms with van der Waals surface area (Å²) in [6, 6.07) is 12.0. The van der Waals surface area contributed by atoms with Crippen molar-refractivity contribution >= 4 is 17.4 Å². The summed E-state index contributed by atoms with van der Waals surface area (Å²) in [4.78, 5) is 20.5. The number of anilines is 2. The molecule has 1 N–H and O–H groups in total. The lowest BCUT2D eigenvalue weighted by atomic mass is 10.2. The lowest BCUT2D eigenvalue weighted by Gasteiger charge is -2.36. The number of carbonyl (C=O) groups is 1. The number of pyridine rings is 1. The number of benzene rings is 1. The lowest BCUT2D eigenvalue weighted by Crippen LogP contribution is -2.49. The number of piperazine rings is 1. The maximum absolute atomic E-state index is 13.0. The molecule has 0 bridgehead atoms. The van der Waals surface area contributed by atoms with Gasteiger partial charge in [-0.2, -0.15) is 5.26 Å². The van der Waals surface area contributed by atoms with E-state index < -0.39 is 0 Å². The van der Waals surface area contributed by atoms with Crippen molar-refractivity contribution < 1.29 is 9.18 Å². The Balaban J connectivity index is 1.60. The van der Waals surface area contributed by atoms with Gasteiger partial charge >= 0.3 is 0 Å². The molecule has 1 amide bonds. The first-order valence-corrected chi connectivity index (χ1v) is 8.66. The molecule has 7 heteroatoms. The summed E-state index contributed by atoms with van der Waals surface area (Å²) in [7, 11) is 0. The average molecular weight is 365 g/mol. The van der Waals surface area contributed by atoms with Gasteiger partial charge in [0.25, 0.3) is 5.91 Å². The molecule has 0 atom stereocenters. The Morgan fingerprint density at radius 2 is 1.93 bits per heavy atom. The van der Waals surface area contributed by atoms with E-state index in [-0.39, 0.29) is 17.3 Å². The molecule has 0 aliphatic carbocycles. The van der Waals surface area contributed by atoms with Gasteiger partial charge < -0.3 is 15.1 Å². The van der Waals surface area contributed by atoms with E-state index in [4.69, 9.17) is 0 Å². The van der Waals surface area contributed by atoms with E-state index in [9.17, 15) is 14.4 Å². The smallest absolute Gasteiger partial charge is 0.266 e. The van der Waals surface area contributed by atoms with Gasteiger partial charge in [0, 0.05) is 44.3 Å². The molecule has 3 rings (SSSR count). The minimum absolute atomic E-state index is 0.0357. The molecule has 1 aliphatic rings. The van der Waals surface area contributed by atoms with Crippen LogP contribution in [0.2, 0.25) is 0 Å². The van der Waals surface area contributed by atoms with Gasteiger partial charge in [-0.15, -0.1) is 0 Å². The fourth-order valence-corrected chi connectivity index (χ4v) is 2.89. The predicted molar refractivity (Wildman–Crippen MR) is 101 cm³/mol. The minimum Gasteiger partial charge on any atom is -0.368 e. The van der Waals surface area contributed by atoms with E-state index in [1.165, 1.54) is 18.3 Å². The molecule has 1 aliphatic heterocycles. The number of nitrogens with zero attached hydrogens (tertiary/aromatic N) is 4. The standard InChI is InChI=1S/C20H20FN5O/c1-15-6-7-23-19(12-15)24-14-16(13-22)20(27)26-10-8-25(9-11-26)18-4-2-17(21)3-5-18/h2-7,12,14H,8-11H2,1H3,(H,23,24)/b16-14-. The van der Waals surface area contributed by atoms with Gasteiger partial charge in [0.15, 0.2) is 0 Å². The van der Waals surface area contributed by atoms with Crippen molar-refractivity contribution in [2.45, 2.75) is 6.92 Å². The highest BCUT2D eigenvalue weighted by Gasteiger charge is 2.23. The molecule has 1 aromatic carbocycles. The van der Waals surface area contributed by atoms with Crippen LogP contribution >= 0.6 is 0 Å². The second kappa shape index (κ2) is 8.32. The minimum atomic E-state index is -0.309. The van der Waals surface area contributed by atoms with Crippen LogP contribution in [-0.2, 0) is 4.79 Å². The number of hydrogen-bond donors (Lipinski definition) is 1. The topological polar surface area (TPSA) is 72.3 Å². The van der Waals surface area contributed by atoms with Gasteiger partial charge in [-0.25, -0.2) is 9.37 Å². The van der Waals surface area contributed by atoms with Crippen molar-refractivity contribution in [3.05, 3.63) is 65.7 Å². The fraction of sp³-hybridized carbons (Fsp3) is 0.250. The molecule has 1 aromatic heterocycles. The number of amides is 1. The lowest BCUT2D eigenvalue weighted by molar-refractivity contribution is -0.127. The van der Waals surface area contributed by atoms with Crippen molar-refractivity contribution in [2.24, 2.45) is 0 Å². The molecular formula is C20H20FN5O. The third kappa shape index (κ3) is 4.61. The number of nitrogens with one attached hydrogen (secondary N) is 1. The Labute approximate surface area is 157 Å². The second-order valence-electron chi connectivity index (χ2n) is 6.29. The molecule has 2 heterocycles. The van der Waals surface area contributed by atoms with Crippen LogP contribution in [0.5, 0.6) is 0 Å². The number of aromatic nitrogens is 1. The highest BCUT2D eigenvalue weighted by Crippen LogP contribution is 2.17. The Bertz CT molecular complexity index is 880. The van der Waals surface area contributed by atoms with E-state index in [0.29, 0.717) is 32.0 Å². The van der Waals surface area contributed by atoms with Crippen molar-refractivity contribution in [2.75, 3.05) is 36.4 Å². The maximum Gasteiger partial charge on any atom is 0.266 e. The first-order chi connectivity index (χ1) is 13.1. The molecule has 138 valence electrons. The zero-order chi connectivity index (χ0) is 19.2. The van der Waals surface area contributed by atoms with Crippen molar-refractivity contribution in [1.82, 2.24) is 9.88 Å². The molecule has 27 heavy (non-hydrogen) atoms. The normalized spacial score (nSPS) is 14.6. The zero-order valence-corrected chi connectivity index (χ0v) is 15.0.